The molecule has 0 saturated carbocycles. The summed E-state index contributed by atoms with van der Waals surface area (Å²) in [5.74, 6) is -2.27. The third-order valence-corrected chi connectivity index (χ3v) is 3.97. The first-order valence-corrected chi connectivity index (χ1v) is 8.11. The van der Waals surface area contributed by atoms with Crippen molar-refractivity contribution in [2.24, 2.45) is 0 Å². The van der Waals surface area contributed by atoms with Gasteiger partial charge in [0, 0.05) is 32.3 Å². The number of carbonyl (C=O) groups is 2. The summed E-state index contributed by atoms with van der Waals surface area (Å²) in [6.45, 7) is 1.52. The van der Waals surface area contributed by atoms with Crippen LogP contribution < -0.4 is 5.32 Å². The van der Waals surface area contributed by atoms with Gasteiger partial charge in [-0.15, -0.1) is 0 Å². The van der Waals surface area contributed by atoms with E-state index in [1.54, 1.807) is 7.11 Å². The quantitative estimate of drug-likeness (QED) is 0.749. The molecule has 1 N–H and O–H groups in total. The van der Waals surface area contributed by atoms with Crippen molar-refractivity contribution in [1.82, 2.24) is 10.2 Å². The average molecular weight is 356 g/mol. The topological polar surface area (TPSA) is 67.9 Å². The van der Waals surface area contributed by atoms with E-state index in [0.29, 0.717) is 45.2 Å². The van der Waals surface area contributed by atoms with E-state index in [1.165, 1.54) is 4.90 Å². The van der Waals surface area contributed by atoms with E-state index in [4.69, 9.17) is 9.47 Å². The molecule has 1 aromatic rings. The highest BCUT2D eigenvalue weighted by Crippen LogP contribution is 2.17. The zero-order chi connectivity index (χ0) is 18.2. The van der Waals surface area contributed by atoms with Crippen LogP contribution in [0.25, 0.3) is 0 Å². The van der Waals surface area contributed by atoms with Gasteiger partial charge in [0.2, 0.25) is 5.91 Å². The van der Waals surface area contributed by atoms with E-state index >= 15 is 0 Å². The number of benzene rings is 1. The molecule has 25 heavy (non-hydrogen) atoms. The molecule has 1 saturated heterocycles. The molecule has 0 aliphatic carbocycles. The Bertz CT molecular complexity index is 604. The number of ether oxygens (including phenoxy) is 2. The minimum absolute atomic E-state index is 0.0384. The van der Waals surface area contributed by atoms with Crippen LogP contribution in [0.5, 0.6) is 0 Å². The molecule has 138 valence electrons. The van der Waals surface area contributed by atoms with Crippen molar-refractivity contribution in [2.75, 3.05) is 40.0 Å². The predicted molar refractivity (Wildman–Crippen MR) is 86.1 cm³/mol. The van der Waals surface area contributed by atoms with Gasteiger partial charge in [0.1, 0.15) is 18.2 Å². The zero-order valence-electron chi connectivity index (χ0n) is 14.1. The van der Waals surface area contributed by atoms with E-state index in [1.807, 2.05) is 0 Å². The maximum absolute atomic E-state index is 13.7. The normalized spacial score (nSPS) is 15.2. The van der Waals surface area contributed by atoms with E-state index in [2.05, 4.69) is 5.32 Å². The van der Waals surface area contributed by atoms with Crippen molar-refractivity contribution in [1.29, 1.82) is 0 Å². The standard InChI is InChI=1S/C17H22F2N2O4/c1-24-8-9-25-11-16(22)20-13-4-6-21(7-5-13)17(23)14-3-2-12(18)10-15(14)19/h2-3,10,13H,4-9,11H2,1H3,(H,20,22). The Morgan fingerprint density at radius 2 is 1.96 bits per heavy atom. The number of methoxy groups -OCH3 is 1. The lowest BCUT2D eigenvalue weighted by Gasteiger charge is -2.32. The number of halogens is 2. The van der Waals surface area contributed by atoms with Crippen LogP contribution in [0.3, 0.4) is 0 Å². The summed E-state index contributed by atoms with van der Waals surface area (Å²) in [7, 11) is 1.55. The number of rotatable bonds is 7. The van der Waals surface area contributed by atoms with Gasteiger partial charge in [-0.3, -0.25) is 9.59 Å². The lowest BCUT2D eigenvalue weighted by molar-refractivity contribution is -0.127. The molecule has 8 heteroatoms. The Balaban J connectivity index is 1.77. The summed E-state index contributed by atoms with van der Waals surface area (Å²) in [5.41, 5.74) is -0.143. The van der Waals surface area contributed by atoms with Gasteiger partial charge in [0.25, 0.3) is 5.91 Å². The van der Waals surface area contributed by atoms with Gasteiger partial charge < -0.3 is 19.7 Å². The molecular formula is C17H22F2N2O4. The van der Waals surface area contributed by atoms with Crippen molar-refractivity contribution in [2.45, 2.75) is 18.9 Å². The Hall–Kier alpha value is -2.06. The first-order chi connectivity index (χ1) is 12.0. The van der Waals surface area contributed by atoms with Gasteiger partial charge in [-0.25, -0.2) is 8.78 Å². The summed E-state index contributed by atoms with van der Waals surface area (Å²) in [5, 5.41) is 2.85. The second-order valence-corrected chi connectivity index (χ2v) is 5.80. The molecule has 1 heterocycles. The summed E-state index contributed by atoms with van der Waals surface area (Å²) < 4.78 is 36.6. The second kappa shape index (κ2) is 9.43. The van der Waals surface area contributed by atoms with Crippen molar-refractivity contribution in [3.05, 3.63) is 35.4 Å². The van der Waals surface area contributed by atoms with E-state index in [0.717, 1.165) is 12.1 Å². The molecule has 0 atom stereocenters. The van der Waals surface area contributed by atoms with E-state index < -0.39 is 17.5 Å². The molecule has 0 radical (unpaired) electrons. The lowest BCUT2D eigenvalue weighted by atomic mass is 10.0. The molecule has 6 nitrogen and oxygen atoms in total. The Morgan fingerprint density at radius 3 is 2.60 bits per heavy atom. The largest absolute Gasteiger partial charge is 0.382 e. The van der Waals surface area contributed by atoms with Crippen LogP contribution in [0, 0.1) is 11.6 Å². The van der Waals surface area contributed by atoms with Gasteiger partial charge in [-0.2, -0.15) is 0 Å². The number of piperidine rings is 1. The summed E-state index contributed by atoms with van der Waals surface area (Å²) in [6.07, 6.45) is 1.14. The van der Waals surface area contributed by atoms with Crippen LogP contribution in [-0.2, 0) is 14.3 Å². The fourth-order valence-electron chi connectivity index (χ4n) is 2.64. The molecule has 1 aliphatic rings. The van der Waals surface area contributed by atoms with Crippen LogP contribution in [0.4, 0.5) is 8.78 Å². The number of nitrogens with zero attached hydrogens (tertiary/aromatic N) is 1. The third kappa shape index (κ3) is 5.75. The fourth-order valence-corrected chi connectivity index (χ4v) is 2.64. The Kier molecular flexibility index (Phi) is 7.27. The first kappa shape index (κ1) is 19.3. The molecule has 1 aromatic carbocycles. The number of amides is 2. The third-order valence-electron chi connectivity index (χ3n) is 3.97. The van der Waals surface area contributed by atoms with Crippen LogP contribution in [0.1, 0.15) is 23.2 Å². The predicted octanol–water partition coefficient (Wildman–Crippen LogP) is 1.35. The van der Waals surface area contributed by atoms with Crippen LogP contribution in [0.15, 0.2) is 18.2 Å². The second-order valence-electron chi connectivity index (χ2n) is 5.80. The minimum atomic E-state index is -0.867. The molecule has 0 unspecified atom stereocenters. The maximum Gasteiger partial charge on any atom is 0.256 e. The van der Waals surface area contributed by atoms with Gasteiger partial charge in [0.15, 0.2) is 0 Å². The molecular weight excluding hydrogens is 334 g/mol. The van der Waals surface area contributed by atoms with Crippen molar-refractivity contribution in [3.63, 3.8) is 0 Å². The highest BCUT2D eigenvalue weighted by molar-refractivity contribution is 5.94. The highest BCUT2D eigenvalue weighted by Gasteiger charge is 2.26. The average Bonchev–Trinajstić information content (AvgIpc) is 2.59. The van der Waals surface area contributed by atoms with Crippen LogP contribution in [0.2, 0.25) is 0 Å². The van der Waals surface area contributed by atoms with E-state index in [-0.39, 0.29) is 24.1 Å². The molecule has 0 bridgehead atoms. The van der Waals surface area contributed by atoms with Crippen molar-refractivity contribution in [3.8, 4) is 0 Å². The summed E-state index contributed by atoms with van der Waals surface area (Å²) in [4.78, 5) is 25.6. The van der Waals surface area contributed by atoms with Crippen LogP contribution >= 0.6 is 0 Å². The summed E-state index contributed by atoms with van der Waals surface area (Å²) >= 11 is 0. The Labute approximate surface area is 145 Å². The molecule has 2 rings (SSSR count). The van der Waals surface area contributed by atoms with Crippen molar-refractivity contribution < 1.29 is 27.8 Å². The minimum Gasteiger partial charge on any atom is -0.382 e. The number of likely N-dealkylation sites (tertiary alicyclic amines) is 1. The monoisotopic (exact) mass is 356 g/mol. The number of nitrogens with one attached hydrogen (secondary N) is 1. The van der Waals surface area contributed by atoms with Gasteiger partial charge in [0.05, 0.1) is 18.8 Å². The van der Waals surface area contributed by atoms with E-state index in [9.17, 15) is 18.4 Å². The van der Waals surface area contributed by atoms with Gasteiger partial charge >= 0.3 is 0 Å². The number of hydrogen-bond donors (Lipinski definition) is 1. The first-order valence-electron chi connectivity index (χ1n) is 8.11. The molecule has 1 fully saturated rings. The molecule has 2 amide bonds. The SMILES string of the molecule is COCCOCC(=O)NC1CCN(C(=O)c2ccc(F)cc2F)CC1. The number of hydrogen-bond acceptors (Lipinski definition) is 4. The van der Waals surface area contributed by atoms with Crippen molar-refractivity contribution >= 4 is 11.8 Å². The molecule has 1 aliphatic heterocycles. The fraction of sp³-hybridized carbons (Fsp3) is 0.529. The Morgan fingerprint density at radius 1 is 1.24 bits per heavy atom. The smallest absolute Gasteiger partial charge is 0.256 e. The molecule has 0 aromatic heterocycles. The lowest BCUT2D eigenvalue weighted by Crippen LogP contribution is -2.47. The van der Waals surface area contributed by atoms with Gasteiger partial charge in [-0.05, 0) is 25.0 Å². The molecule has 0 spiro atoms. The summed E-state index contributed by atoms with van der Waals surface area (Å²) in [6, 6.07) is 2.86. The number of carbonyl (C=O) groups excluding carboxylic acids is 2. The zero-order valence-corrected chi connectivity index (χ0v) is 14.1. The van der Waals surface area contributed by atoms with Crippen LogP contribution in [-0.4, -0.2) is 62.8 Å². The highest BCUT2D eigenvalue weighted by atomic mass is 19.1. The van der Waals surface area contributed by atoms with Gasteiger partial charge in [-0.1, -0.05) is 0 Å². The maximum atomic E-state index is 13.7.